The highest BCUT2D eigenvalue weighted by molar-refractivity contribution is 5.82. The lowest BCUT2D eigenvalue weighted by molar-refractivity contribution is -0.136. The number of carbonyl (C=O) groups is 2. The van der Waals surface area contributed by atoms with Gasteiger partial charge in [-0.15, -0.1) is 0 Å². The van der Waals surface area contributed by atoms with Gasteiger partial charge in [-0.2, -0.15) is 0 Å². The number of amides is 2. The van der Waals surface area contributed by atoms with Crippen molar-refractivity contribution in [3.63, 3.8) is 0 Å². The Morgan fingerprint density at radius 1 is 1.22 bits per heavy atom. The van der Waals surface area contributed by atoms with Crippen LogP contribution in [0, 0.1) is 11.8 Å². The minimum absolute atomic E-state index is 0.00932. The first kappa shape index (κ1) is 13.3. The first-order valence-electron chi connectivity index (χ1n) is 6.82. The zero-order chi connectivity index (χ0) is 13.1. The molecule has 1 heterocycles. The lowest BCUT2D eigenvalue weighted by Crippen LogP contribution is -2.45. The van der Waals surface area contributed by atoms with Crippen molar-refractivity contribution in [1.29, 1.82) is 0 Å². The van der Waals surface area contributed by atoms with E-state index in [9.17, 15) is 9.59 Å². The molecule has 1 aliphatic heterocycles. The smallest absolute Gasteiger partial charge is 0.225 e. The second-order valence-corrected chi connectivity index (χ2v) is 5.47. The van der Waals surface area contributed by atoms with Crippen molar-refractivity contribution in [2.24, 2.45) is 11.8 Å². The van der Waals surface area contributed by atoms with Gasteiger partial charge < -0.3 is 15.3 Å². The molecule has 0 aromatic rings. The zero-order valence-corrected chi connectivity index (χ0v) is 10.9. The van der Waals surface area contributed by atoms with E-state index in [1.165, 1.54) is 0 Å². The predicted molar refractivity (Wildman–Crippen MR) is 66.7 cm³/mol. The van der Waals surface area contributed by atoms with Crippen molar-refractivity contribution in [3.05, 3.63) is 0 Å². The van der Waals surface area contributed by atoms with Gasteiger partial charge in [0.2, 0.25) is 11.8 Å². The van der Waals surface area contributed by atoms with Gasteiger partial charge in [0.05, 0.1) is 6.61 Å². The molecular formula is C13H22N2O3. The molecule has 0 spiro atoms. The van der Waals surface area contributed by atoms with Crippen LogP contribution in [0.1, 0.15) is 32.6 Å². The maximum absolute atomic E-state index is 11.9. The molecule has 2 fully saturated rings. The summed E-state index contributed by atoms with van der Waals surface area (Å²) < 4.78 is 0. The molecule has 5 nitrogen and oxygen atoms in total. The summed E-state index contributed by atoms with van der Waals surface area (Å²) in [5, 5.41) is 11.7. The van der Waals surface area contributed by atoms with Crippen LogP contribution >= 0.6 is 0 Å². The normalized spacial score (nSPS) is 22.7. The first-order chi connectivity index (χ1) is 8.61. The molecule has 0 radical (unpaired) electrons. The average Bonchev–Trinajstić information content (AvgIpc) is 3.22. The highest BCUT2D eigenvalue weighted by Crippen LogP contribution is 2.32. The monoisotopic (exact) mass is 254 g/mol. The van der Waals surface area contributed by atoms with Crippen molar-refractivity contribution in [3.8, 4) is 0 Å². The fourth-order valence-corrected chi connectivity index (χ4v) is 2.36. The van der Waals surface area contributed by atoms with Crippen molar-refractivity contribution in [2.45, 2.75) is 38.6 Å². The number of aliphatic hydroxyl groups is 1. The van der Waals surface area contributed by atoms with Crippen LogP contribution in [0.5, 0.6) is 0 Å². The van der Waals surface area contributed by atoms with Gasteiger partial charge in [-0.3, -0.25) is 9.59 Å². The molecule has 102 valence electrons. The van der Waals surface area contributed by atoms with E-state index in [0.29, 0.717) is 13.1 Å². The fraction of sp³-hybridized carbons (Fsp3) is 0.846. The van der Waals surface area contributed by atoms with E-state index in [4.69, 9.17) is 5.11 Å². The number of nitrogens with one attached hydrogen (secondary N) is 1. The third-order valence-corrected chi connectivity index (χ3v) is 3.77. The highest BCUT2D eigenvalue weighted by Gasteiger charge is 2.35. The number of nitrogens with zero attached hydrogens (tertiary/aromatic N) is 1. The standard InChI is InChI=1S/C13H22N2O3/c1-9(8-16)14-12(17)10-4-6-15(7-5-10)13(18)11-2-3-11/h9-11,16H,2-8H2,1H3,(H,14,17). The molecule has 1 atom stereocenters. The maximum atomic E-state index is 11.9. The van der Waals surface area contributed by atoms with Crippen LogP contribution < -0.4 is 5.32 Å². The quantitative estimate of drug-likeness (QED) is 0.749. The third-order valence-electron chi connectivity index (χ3n) is 3.77. The molecule has 0 aromatic heterocycles. The summed E-state index contributed by atoms with van der Waals surface area (Å²) in [6.45, 7) is 3.14. The van der Waals surface area contributed by atoms with E-state index < -0.39 is 0 Å². The number of rotatable bonds is 4. The minimum Gasteiger partial charge on any atom is -0.394 e. The maximum Gasteiger partial charge on any atom is 0.225 e. The average molecular weight is 254 g/mol. The topological polar surface area (TPSA) is 69.6 Å². The zero-order valence-electron chi connectivity index (χ0n) is 10.9. The van der Waals surface area contributed by atoms with E-state index in [-0.39, 0.29) is 36.3 Å². The summed E-state index contributed by atoms with van der Waals surface area (Å²) in [7, 11) is 0. The van der Waals surface area contributed by atoms with E-state index in [0.717, 1.165) is 25.7 Å². The second-order valence-electron chi connectivity index (χ2n) is 5.47. The van der Waals surface area contributed by atoms with E-state index >= 15 is 0 Å². The number of hydrogen-bond acceptors (Lipinski definition) is 3. The van der Waals surface area contributed by atoms with Crippen molar-refractivity contribution in [2.75, 3.05) is 19.7 Å². The lowest BCUT2D eigenvalue weighted by atomic mass is 9.95. The number of piperidine rings is 1. The second kappa shape index (κ2) is 5.69. The van der Waals surface area contributed by atoms with Crippen LogP contribution in [0.2, 0.25) is 0 Å². The molecule has 2 rings (SSSR count). The van der Waals surface area contributed by atoms with Crippen LogP contribution in [0.4, 0.5) is 0 Å². The Balaban J connectivity index is 1.75. The van der Waals surface area contributed by atoms with Crippen LogP contribution in [0.3, 0.4) is 0 Å². The van der Waals surface area contributed by atoms with Gasteiger partial charge >= 0.3 is 0 Å². The molecular weight excluding hydrogens is 232 g/mol. The SMILES string of the molecule is CC(CO)NC(=O)C1CCN(C(=O)C2CC2)CC1. The predicted octanol–water partition coefficient (Wildman–Crippen LogP) is 0.132. The Hall–Kier alpha value is -1.10. The van der Waals surface area contributed by atoms with Crippen molar-refractivity contribution < 1.29 is 14.7 Å². The van der Waals surface area contributed by atoms with Crippen molar-refractivity contribution >= 4 is 11.8 Å². The summed E-state index contributed by atoms with van der Waals surface area (Å²) in [6.07, 6.45) is 3.55. The lowest BCUT2D eigenvalue weighted by Gasteiger charge is -2.32. The minimum atomic E-state index is -0.191. The first-order valence-corrected chi connectivity index (χ1v) is 6.82. The van der Waals surface area contributed by atoms with E-state index in [1.54, 1.807) is 6.92 Å². The van der Waals surface area contributed by atoms with Gasteiger partial charge in [0.25, 0.3) is 0 Å². The van der Waals surface area contributed by atoms with Gasteiger partial charge in [0, 0.05) is 31.0 Å². The van der Waals surface area contributed by atoms with Crippen LogP contribution in [0.25, 0.3) is 0 Å². The Bertz CT molecular complexity index is 320. The van der Waals surface area contributed by atoms with Gasteiger partial charge in [-0.1, -0.05) is 0 Å². The Morgan fingerprint density at radius 3 is 2.33 bits per heavy atom. The number of hydrogen-bond donors (Lipinski definition) is 2. The molecule has 1 aliphatic carbocycles. The molecule has 1 saturated heterocycles. The summed E-state index contributed by atoms with van der Waals surface area (Å²) in [6, 6.07) is -0.191. The molecule has 0 bridgehead atoms. The Kier molecular flexibility index (Phi) is 4.22. The number of carbonyl (C=O) groups excluding carboxylic acids is 2. The molecule has 1 unspecified atom stereocenters. The molecule has 0 aromatic carbocycles. The highest BCUT2D eigenvalue weighted by atomic mass is 16.3. The Labute approximate surface area is 108 Å². The van der Waals surface area contributed by atoms with Crippen LogP contribution in [0.15, 0.2) is 0 Å². The Morgan fingerprint density at radius 2 is 1.83 bits per heavy atom. The largest absolute Gasteiger partial charge is 0.394 e. The van der Waals surface area contributed by atoms with E-state index in [2.05, 4.69) is 5.32 Å². The summed E-state index contributed by atoms with van der Waals surface area (Å²) in [5.74, 6) is 0.541. The van der Waals surface area contributed by atoms with Gasteiger partial charge in [-0.05, 0) is 32.6 Å². The van der Waals surface area contributed by atoms with Gasteiger partial charge in [0.15, 0.2) is 0 Å². The molecule has 5 heteroatoms. The van der Waals surface area contributed by atoms with Crippen LogP contribution in [-0.2, 0) is 9.59 Å². The molecule has 1 saturated carbocycles. The van der Waals surface area contributed by atoms with Gasteiger partial charge in [-0.25, -0.2) is 0 Å². The molecule has 2 amide bonds. The fourth-order valence-electron chi connectivity index (χ4n) is 2.36. The molecule has 2 N–H and O–H groups in total. The molecule has 2 aliphatic rings. The van der Waals surface area contributed by atoms with Gasteiger partial charge in [0.1, 0.15) is 0 Å². The number of aliphatic hydroxyl groups excluding tert-OH is 1. The summed E-state index contributed by atoms with van der Waals surface area (Å²) in [5.41, 5.74) is 0. The number of likely N-dealkylation sites (tertiary alicyclic amines) is 1. The summed E-state index contributed by atoms with van der Waals surface area (Å²) in [4.78, 5) is 25.6. The van der Waals surface area contributed by atoms with Crippen LogP contribution in [-0.4, -0.2) is 47.6 Å². The third kappa shape index (κ3) is 3.22. The summed E-state index contributed by atoms with van der Waals surface area (Å²) >= 11 is 0. The van der Waals surface area contributed by atoms with E-state index in [1.807, 2.05) is 4.90 Å². The molecule has 18 heavy (non-hydrogen) atoms. The van der Waals surface area contributed by atoms with Crippen molar-refractivity contribution in [1.82, 2.24) is 10.2 Å².